The van der Waals surface area contributed by atoms with Crippen molar-refractivity contribution in [2.45, 2.75) is 17.9 Å². The SMILES string of the molecule is C[C@H]1CNCCN1S(=O)(=O)c1c(Cl)cc(Br)cc1Cl.Cl. The molecule has 1 aliphatic rings. The number of benzene rings is 1. The first-order valence-corrected chi connectivity index (χ1v) is 8.70. The van der Waals surface area contributed by atoms with Gasteiger partial charge < -0.3 is 5.32 Å². The van der Waals surface area contributed by atoms with E-state index in [2.05, 4.69) is 21.2 Å². The molecule has 1 aliphatic heterocycles. The van der Waals surface area contributed by atoms with E-state index in [0.29, 0.717) is 24.1 Å². The van der Waals surface area contributed by atoms with Gasteiger partial charge in [0, 0.05) is 30.1 Å². The van der Waals surface area contributed by atoms with Crippen molar-refractivity contribution < 1.29 is 8.42 Å². The minimum absolute atomic E-state index is 0. The predicted molar refractivity (Wildman–Crippen MR) is 87.6 cm³/mol. The number of piperazine rings is 1. The van der Waals surface area contributed by atoms with E-state index in [1.54, 1.807) is 0 Å². The van der Waals surface area contributed by atoms with Crippen molar-refractivity contribution in [1.29, 1.82) is 0 Å². The summed E-state index contributed by atoms with van der Waals surface area (Å²) in [6.07, 6.45) is 0. The lowest BCUT2D eigenvalue weighted by Gasteiger charge is -2.33. The second-order valence-corrected chi connectivity index (χ2v) is 7.92. The predicted octanol–water partition coefficient (Wildman–Crippen LogP) is 3.16. The molecule has 20 heavy (non-hydrogen) atoms. The van der Waals surface area contributed by atoms with Crippen LogP contribution in [0.25, 0.3) is 0 Å². The number of sulfonamides is 1. The molecule has 2 rings (SSSR count). The second-order valence-electron chi connectivity index (χ2n) is 4.37. The highest BCUT2D eigenvalue weighted by Gasteiger charge is 2.34. The van der Waals surface area contributed by atoms with Gasteiger partial charge in [-0.1, -0.05) is 39.1 Å². The summed E-state index contributed by atoms with van der Waals surface area (Å²) < 4.78 is 27.4. The maximum atomic E-state index is 12.7. The Morgan fingerprint density at radius 3 is 2.40 bits per heavy atom. The van der Waals surface area contributed by atoms with Crippen molar-refractivity contribution in [3.05, 3.63) is 26.7 Å². The van der Waals surface area contributed by atoms with E-state index in [1.165, 1.54) is 16.4 Å². The number of halogens is 4. The number of hydrogen-bond donors (Lipinski definition) is 1. The molecular formula is C11H14BrCl3N2O2S. The van der Waals surface area contributed by atoms with E-state index in [-0.39, 0.29) is 33.4 Å². The third-order valence-corrected chi connectivity index (χ3v) is 6.36. The van der Waals surface area contributed by atoms with Gasteiger partial charge in [0.2, 0.25) is 10.0 Å². The average Bonchev–Trinajstić information content (AvgIpc) is 2.27. The third kappa shape index (κ3) is 3.61. The Bertz CT molecular complexity index is 574. The van der Waals surface area contributed by atoms with Crippen molar-refractivity contribution in [3.8, 4) is 0 Å². The lowest BCUT2D eigenvalue weighted by molar-refractivity contribution is 0.284. The summed E-state index contributed by atoms with van der Waals surface area (Å²) in [4.78, 5) is -0.0206. The van der Waals surface area contributed by atoms with Crippen LogP contribution in [0.1, 0.15) is 6.92 Å². The first-order chi connectivity index (χ1) is 8.84. The Labute approximate surface area is 143 Å². The van der Waals surface area contributed by atoms with Crippen LogP contribution in [0.3, 0.4) is 0 Å². The molecule has 114 valence electrons. The topological polar surface area (TPSA) is 49.4 Å². The van der Waals surface area contributed by atoms with Gasteiger partial charge in [-0.2, -0.15) is 4.31 Å². The summed E-state index contributed by atoms with van der Waals surface area (Å²) >= 11 is 15.3. The highest BCUT2D eigenvalue weighted by molar-refractivity contribution is 9.10. The van der Waals surface area contributed by atoms with Crippen molar-refractivity contribution in [2.24, 2.45) is 0 Å². The van der Waals surface area contributed by atoms with E-state index in [0.717, 1.165) is 0 Å². The Balaban J connectivity index is 0.00000200. The molecule has 1 fully saturated rings. The minimum atomic E-state index is -3.68. The molecule has 1 aromatic carbocycles. The Morgan fingerprint density at radius 2 is 1.90 bits per heavy atom. The summed E-state index contributed by atoms with van der Waals surface area (Å²) in [5.74, 6) is 0. The van der Waals surface area contributed by atoms with E-state index in [9.17, 15) is 8.42 Å². The van der Waals surface area contributed by atoms with Gasteiger partial charge in [0.15, 0.2) is 0 Å². The van der Waals surface area contributed by atoms with Crippen molar-refractivity contribution in [1.82, 2.24) is 9.62 Å². The van der Waals surface area contributed by atoms with Gasteiger partial charge in [-0.15, -0.1) is 12.4 Å². The van der Waals surface area contributed by atoms with Gasteiger partial charge in [-0.05, 0) is 19.1 Å². The van der Waals surface area contributed by atoms with Crippen molar-refractivity contribution in [3.63, 3.8) is 0 Å². The molecule has 0 unspecified atom stereocenters. The van der Waals surface area contributed by atoms with Gasteiger partial charge in [-0.3, -0.25) is 0 Å². The van der Waals surface area contributed by atoms with Crippen LogP contribution in [0.5, 0.6) is 0 Å². The smallest absolute Gasteiger partial charge is 0.246 e. The Morgan fingerprint density at radius 1 is 1.35 bits per heavy atom. The van der Waals surface area contributed by atoms with Crippen molar-refractivity contribution in [2.75, 3.05) is 19.6 Å². The second kappa shape index (κ2) is 7.13. The van der Waals surface area contributed by atoms with Crippen LogP contribution in [-0.2, 0) is 10.0 Å². The van der Waals surface area contributed by atoms with Crippen LogP contribution < -0.4 is 5.32 Å². The van der Waals surface area contributed by atoms with Crippen LogP contribution in [-0.4, -0.2) is 38.4 Å². The van der Waals surface area contributed by atoms with Gasteiger partial charge in [0.1, 0.15) is 4.90 Å². The Hall–Kier alpha value is 0.440. The maximum absolute atomic E-state index is 12.7. The molecule has 0 radical (unpaired) electrons. The first kappa shape index (κ1) is 18.5. The molecule has 0 spiro atoms. The summed E-state index contributed by atoms with van der Waals surface area (Å²) in [7, 11) is -3.68. The fourth-order valence-electron chi connectivity index (χ4n) is 2.07. The van der Waals surface area contributed by atoms with E-state index < -0.39 is 10.0 Å². The van der Waals surface area contributed by atoms with Gasteiger partial charge in [-0.25, -0.2) is 8.42 Å². The highest BCUT2D eigenvalue weighted by Crippen LogP contribution is 2.35. The van der Waals surface area contributed by atoms with E-state index in [1.807, 2.05) is 6.92 Å². The largest absolute Gasteiger partial charge is 0.314 e. The summed E-state index contributed by atoms with van der Waals surface area (Å²) in [5, 5.41) is 3.41. The highest BCUT2D eigenvalue weighted by atomic mass is 79.9. The quantitative estimate of drug-likeness (QED) is 0.794. The van der Waals surface area contributed by atoms with Crippen LogP contribution in [0.15, 0.2) is 21.5 Å². The molecule has 0 amide bonds. The van der Waals surface area contributed by atoms with Gasteiger partial charge >= 0.3 is 0 Å². The molecule has 0 bridgehead atoms. The lowest BCUT2D eigenvalue weighted by atomic mass is 10.3. The molecule has 1 aromatic rings. The normalized spacial score (nSPS) is 20.5. The number of hydrogen-bond acceptors (Lipinski definition) is 3. The average molecular weight is 425 g/mol. The van der Waals surface area contributed by atoms with Crippen LogP contribution in [0, 0.1) is 0 Å². The zero-order valence-electron chi connectivity index (χ0n) is 10.6. The number of rotatable bonds is 2. The fraction of sp³-hybridized carbons (Fsp3) is 0.455. The molecule has 1 N–H and O–H groups in total. The molecule has 9 heteroatoms. The molecule has 0 aliphatic carbocycles. The molecule has 1 atom stereocenters. The van der Waals surface area contributed by atoms with Crippen molar-refractivity contribution >= 4 is 61.6 Å². The molecule has 0 aromatic heterocycles. The number of nitrogens with zero attached hydrogens (tertiary/aromatic N) is 1. The number of nitrogens with one attached hydrogen (secondary N) is 1. The standard InChI is InChI=1S/C11H13BrCl2N2O2S.ClH/c1-7-6-15-2-3-16(7)19(17,18)11-9(13)4-8(12)5-10(11)14;/h4-5,7,15H,2-3,6H2,1H3;1H/t7-;/m0./s1. The first-order valence-electron chi connectivity index (χ1n) is 5.71. The lowest BCUT2D eigenvalue weighted by Crippen LogP contribution is -2.52. The zero-order chi connectivity index (χ0) is 14.2. The maximum Gasteiger partial charge on any atom is 0.246 e. The monoisotopic (exact) mass is 422 g/mol. The molecule has 1 heterocycles. The van der Waals surface area contributed by atoms with Crippen LogP contribution >= 0.6 is 51.5 Å². The van der Waals surface area contributed by atoms with Gasteiger partial charge in [0.25, 0.3) is 0 Å². The van der Waals surface area contributed by atoms with Crippen LogP contribution in [0.2, 0.25) is 10.0 Å². The van der Waals surface area contributed by atoms with Crippen LogP contribution in [0.4, 0.5) is 0 Å². The summed E-state index contributed by atoms with van der Waals surface area (Å²) in [5.41, 5.74) is 0. The van der Waals surface area contributed by atoms with Gasteiger partial charge in [0.05, 0.1) is 10.0 Å². The minimum Gasteiger partial charge on any atom is -0.314 e. The molecular weight excluding hydrogens is 410 g/mol. The summed E-state index contributed by atoms with van der Waals surface area (Å²) in [6, 6.07) is 2.94. The molecule has 0 saturated carbocycles. The van der Waals surface area contributed by atoms with E-state index in [4.69, 9.17) is 23.2 Å². The summed E-state index contributed by atoms with van der Waals surface area (Å²) in [6.45, 7) is 3.50. The molecule has 1 saturated heterocycles. The molecule has 4 nitrogen and oxygen atoms in total. The third-order valence-electron chi connectivity index (χ3n) is 2.97. The van der Waals surface area contributed by atoms with E-state index >= 15 is 0 Å². The Kier molecular flexibility index (Phi) is 6.59. The zero-order valence-corrected chi connectivity index (χ0v) is 15.3. The fourth-order valence-corrected chi connectivity index (χ4v) is 5.59.